The smallest absolute Gasteiger partial charge is 0.346 e. The molecule has 5 nitrogen and oxygen atoms in total. The number of ether oxygens (including phenoxy) is 1. The number of nitrogens with zero attached hydrogens (tertiary/aromatic N) is 2. The van der Waals surface area contributed by atoms with E-state index in [-0.39, 0.29) is 6.01 Å². The van der Waals surface area contributed by atoms with Gasteiger partial charge in [-0.2, -0.15) is 0 Å². The zero-order valence-electron chi connectivity index (χ0n) is 12.8. The first-order valence-electron chi connectivity index (χ1n) is 7.52. The molecule has 0 aliphatic carbocycles. The Balaban J connectivity index is 2.03. The third-order valence-corrected chi connectivity index (χ3v) is 3.64. The second-order valence-electron chi connectivity index (χ2n) is 5.21. The van der Waals surface area contributed by atoms with Crippen molar-refractivity contribution in [3.05, 3.63) is 90.3 Å². The Kier molecular flexibility index (Phi) is 4.81. The van der Waals surface area contributed by atoms with Crippen LogP contribution in [0, 0.1) is 0 Å². The number of carboxylic acid groups (broad SMARTS) is 1. The number of benzene rings is 2. The average molecular weight is 320 g/mol. The maximum atomic E-state index is 11.9. The zero-order chi connectivity index (χ0) is 16.8. The summed E-state index contributed by atoms with van der Waals surface area (Å²) in [5.74, 6) is -1.55. The summed E-state index contributed by atoms with van der Waals surface area (Å²) < 4.78 is 5.63. The van der Waals surface area contributed by atoms with Crippen LogP contribution in [0.1, 0.15) is 17.0 Å². The molecule has 0 aliphatic rings. The molecule has 3 rings (SSSR count). The van der Waals surface area contributed by atoms with Gasteiger partial charge in [0.25, 0.3) is 0 Å². The molecule has 0 bridgehead atoms. The number of aromatic nitrogens is 2. The van der Waals surface area contributed by atoms with Gasteiger partial charge >= 0.3 is 12.0 Å². The van der Waals surface area contributed by atoms with E-state index in [1.807, 2.05) is 60.7 Å². The molecule has 2 aromatic carbocycles. The lowest BCUT2D eigenvalue weighted by atomic mass is 9.86. The molecule has 1 atom stereocenters. The molecule has 0 fully saturated rings. The third kappa shape index (κ3) is 3.57. The van der Waals surface area contributed by atoms with Crippen molar-refractivity contribution >= 4 is 5.97 Å². The van der Waals surface area contributed by atoms with Gasteiger partial charge in [0, 0.05) is 12.4 Å². The van der Waals surface area contributed by atoms with E-state index < -0.39 is 18.0 Å². The van der Waals surface area contributed by atoms with E-state index in [1.54, 1.807) is 6.07 Å². The highest BCUT2D eigenvalue weighted by Gasteiger charge is 2.33. The van der Waals surface area contributed by atoms with Crippen molar-refractivity contribution in [1.82, 2.24) is 9.97 Å². The summed E-state index contributed by atoms with van der Waals surface area (Å²) in [5, 5.41) is 9.75. The number of hydrogen-bond acceptors (Lipinski definition) is 4. The zero-order valence-corrected chi connectivity index (χ0v) is 12.8. The molecule has 1 N–H and O–H groups in total. The number of hydrogen-bond donors (Lipinski definition) is 1. The Morgan fingerprint density at radius 3 is 1.79 bits per heavy atom. The Morgan fingerprint density at radius 2 is 1.33 bits per heavy atom. The Morgan fingerprint density at radius 1 is 0.833 bits per heavy atom. The second kappa shape index (κ2) is 7.37. The van der Waals surface area contributed by atoms with Gasteiger partial charge in [-0.05, 0) is 17.2 Å². The van der Waals surface area contributed by atoms with E-state index in [9.17, 15) is 9.90 Å². The minimum atomic E-state index is -1.14. The van der Waals surface area contributed by atoms with Gasteiger partial charge < -0.3 is 9.84 Å². The Bertz CT molecular complexity index is 740. The SMILES string of the molecule is O=C(O)C(Oc1ncccn1)C(c1ccccc1)c1ccccc1. The molecule has 1 aromatic heterocycles. The van der Waals surface area contributed by atoms with Gasteiger partial charge in [0.15, 0.2) is 0 Å². The monoisotopic (exact) mass is 320 g/mol. The average Bonchev–Trinajstić information content (AvgIpc) is 2.64. The summed E-state index contributed by atoms with van der Waals surface area (Å²) in [6.45, 7) is 0. The summed E-state index contributed by atoms with van der Waals surface area (Å²) in [6.07, 6.45) is 1.89. The van der Waals surface area contributed by atoms with Crippen LogP contribution in [0.15, 0.2) is 79.1 Å². The molecule has 0 saturated heterocycles. The molecule has 3 aromatic rings. The van der Waals surface area contributed by atoms with Gasteiger partial charge in [0.05, 0.1) is 5.92 Å². The maximum Gasteiger partial charge on any atom is 0.346 e. The van der Waals surface area contributed by atoms with Crippen molar-refractivity contribution in [3.8, 4) is 6.01 Å². The van der Waals surface area contributed by atoms with Crippen LogP contribution in [0.3, 0.4) is 0 Å². The molecule has 0 aliphatic heterocycles. The number of carboxylic acids is 1. The van der Waals surface area contributed by atoms with E-state index in [2.05, 4.69) is 9.97 Å². The van der Waals surface area contributed by atoms with Gasteiger partial charge in [-0.3, -0.25) is 0 Å². The Hall–Kier alpha value is -3.21. The number of rotatable bonds is 6. The van der Waals surface area contributed by atoms with Gasteiger partial charge in [-0.15, -0.1) is 0 Å². The van der Waals surface area contributed by atoms with E-state index in [0.717, 1.165) is 11.1 Å². The van der Waals surface area contributed by atoms with Gasteiger partial charge in [-0.1, -0.05) is 60.7 Å². The van der Waals surface area contributed by atoms with Gasteiger partial charge in [0.2, 0.25) is 6.10 Å². The van der Waals surface area contributed by atoms with E-state index in [1.165, 1.54) is 12.4 Å². The van der Waals surface area contributed by atoms with Crippen LogP contribution >= 0.6 is 0 Å². The van der Waals surface area contributed by atoms with Crippen molar-refractivity contribution in [2.24, 2.45) is 0 Å². The van der Waals surface area contributed by atoms with Crippen LogP contribution in [-0.2, 0) is 4.79 Å². The molecule has 24 heavy (non-hydrogen) atoms. The highest BCUT2D eigenvalue weighted by atomic mass is 16.5. The fourth-order valence-electron chi connectivity index (χ4n) is 2.58. The highest BCUT2D eigenvalue weighted by molar-refractivity contribution is 5.75. The van der Waals surface area contributed by atoms with Crippen molar-refractivity contribution in [1.29, 1.82) is 0 Å². The molecule has 5 heteroatoms. The molecule has 1 unspecified atom stereocenters. The van der Waals surface area contributed by atoms with Crippen LogP contribution < -0.4 is 4.74 Å². The lowest BCUT2D eigenvalue weighted by Crippen LogP contribution is -2.35. The highest BCUT2D eigenvalue weighted by Crippen LogP contribution is 2.30. The van der Waals surface area contributed by atoms with Crippen LogP contribution in [0.2, 0.25) is 0 Å². The largest absolute Gasteiger partial charge is 0.478 e. The normalized spacial score (nSPS) is 11.9. The fraction of sp³-hybridized carbons (Fsp3) is 0.105. The van der Waals surface area contributed by atoms with E-state index >= 15 is 0 Å². The van der Waals surface area contributed by atoms with Crippen molar-refractivity contribution in [2.45, 2.75) is 12.0 Å². The van der Waals surface area contributed by atoms with Crippen molar-refractivity contribution < 1.29 is 14.6 Å². The van der Waals surface area contributed by atoms with E-state index in [4.69, 9.17) is 4.74 Å². The molecular weight excluding hydrogens is 304 g/mol. The van der Waals surface area contributed by atoms with Gasteiger partial charge in [-0.25, -0.2) is 14.8 Å². The summed E-state index contributed by atoms with van der Waals surface area (Å²) in [5.41, 5.74) is 1.71. The Labute approximate surface area is 139 Å². The quantitative estimate of drug-likeness (QED) is 0.755. The van der Waals surface area contributed by atoms with Crippen LogP contribution in [0.25, 0.3) is 0 Å². The molecule has 120 valence electrons. The summed E-state index contributed by atoms with van der Waals surface area (Å²) >= 11 is 0. The molecule has 0 radical (unpaired) electrons. The first kappa shape index (κ1) is 15.7. The first-order valence-corrected chi connectivity index (χ1v) is 7.52. The van der Waals surface area contributed by atoms with Crippen LogP contribution in [-0.4, -0.2) is 27.1 Å². The predicted octanol–water partition coefficient (Wildman–Crippen LogP) is 3.14. The summed E-state index contributed by atoms with van der Waals surface area (Å²) in [7, 11) is 0. The van der Waals surface area contributed by atoms with Crippen LogP contribution in [0.5, 0.6) is 6.01 Å². The van der Waals surface area contributed by atoms with Gasteiger partial charge in [0.1, 0.15) is 0 Å². The summed E-state index contributed by atoms with van der Waals surface area (Å²) in [6, 6.07) is 20.6. The minimum Gasteiger partial charge on any atom is -0.478 e. The predicted molar refractivity (Wildman–Crippen MR) is 88.8 cm³/mol. The van der Waals surface area contributed by atoms with Crippen molar-refractivity contribution in [2.75, 3.05) is 0 Å². The fourth-order valence-corrected chi connectivity index (χ4v) is 2.58. The minimum absolute atomic E-state index is 0.0433. The third-order valence-electron chi connectivity index (χ3n) is 3.64. The molecule has 1 heterocycles. The molecule has 0 saturated carbocycles. The summed E-state index contributed by atoms with van der Waals surface area (Å²) in [4.78, 5) is 19.9. The standard InChI is InChI=1S/C19H16N2O3/c22-18(23)17(24-19-20-12-7-13-21-19)16(14-8-3-1-4-9-14)15-10-5-2-6-11-15/h1-13,16-17H,(H,22,23). The number of carbonyl (C=O) groups is 1. The van der Waals surface area contributed by atoms with E-state index in [0.29, 0.717) is 0 Å². The molecule has 0 amide bonds. The van der Waals surface area contributed by atoms with Crippen LogP contribution in [0.4, 0.5) is 0 Å². The first-order chi connectivity index (χ1) is 11.8. The lowest BCUT2D eigenvalue weighted by Gasteiger charge is -2.24. The van der Waals surface area contributed by atoms with Crippen molar-refractivity contribution in [3.63, 3.8) is 0 Å². The number of aliphatic carboxylic acids is 1. The lowest BCUT2D eigenvalue weighted by molar-refractivity contribution is -0.146. The maximum absolute atomic E-state index is 11.9. The second-order valence-corrected chi connectivity index (χ2v) is 5.21. The molecule has 0 spiro atoms. The topological polar surface area (TPSA) is 72.3 Å². The molecular formula is C19H16N2O3.